The first-order valence-electron chi connectivity index (χ1n) is 13.5. The second kappa shape index (κ2) is 10.9. The summed E-state index contributed by atoms with van der Waals surface area (Å²) in [4.78, 5) is 20.3. The molecule has 0 spiro atoms. The molecule has 1 fully saturated rings. The molecule has 40 heavy (non-hydrogen) atoms. The summed E-state index contributed by atoms with van der Waals surface area (Å²) in [5.41, 5.74) is 10.9. The zero-order valence-electron chi connectivity index (χ0n) is 23.0. The van der Waals surface area contributed by atoms with Crippen LogP contribution in [0.2, 0.25) is 0 Å². The van der Waals surface area contributed by atoms with Crippen molar-refractivity contribution in [3.05, 3.63) is 90.0 Å². The van der Waals surface area contributed by atoms with Gasteiger partial charge in [-0.3, -0.25) is 4.40 Å². The molecule has 0 bridgehead atoms. The molecule has 0 aliphatic carbocycles. The monoisotopic (exact) mass is 535 g/mol. The third kappa shape index (κ3) is 5.46. The predicted molar refractivity (Wildman–Crippen MR) is 155 cm³/mol. The maximum Gasteiger partial charge on any atom is 0.150 e. The molecule has 2 aromatic carbocycles. The summed E-state index contributed by atoms with van der Waals surface area (Å²) in [7, 11) is 2.19. The first-order valence-corrected chi connectivity index (χ1v) is 13.5. The molecular weight excluding hydrogens is 502 g/mol. The SMILES string of the molecule is Cc1cc(OCc2cnc(C)nc2)cc(Oc2ccc(-c3nc(C[C@H]4CCCN4C)n4ccnc(N)c34)cc2)c1. The van der Waals surface area contributed by atoms with Crippen molar-refractivity contribution in [2.24, 2.45) is 0 Å². The second-order valence-corrected chi connectivity index (χ2v) is 10.4. The highest BCUT2D eigenvalue weighted by molar-refractivity contribution is 5.85. The molecule has 1 aliphatic rings. The first kappa shape index (κ1) is 25.8. The molecule has 9 heteroatoms. The molecule has 0 unspecified atom stereocenters. The van der Waals surface area contributed by atoms with Crippen LogP contribution in [0.15, 0.2) is 67.3 Å². The Labute approximate surface area is 233 Å². The van der Waals surface area contributed by atoms with E-state index in [1.54, 1.807) is 18.6 Å². The quantitative estimate of drug-likeness (QED) is 0.282. The fourth-order valence-electron chi connectivity index (χ4n) is 5.25. The van der Waals surface area contributed by atoms with Crippen molar-refractivity contribution < 1.29 is 9.47 Å². The molecule has 204 valence electrons. The van der Waals surface area contributed by atoms with E-state index in [-0.39, 0.29) is 0 Å². The number of fused-ring (bicyclic) bond motifs is 1. The second-order valence-electron chi connectivity index (χ2n) is 10.4. The number of aromatic nitrogens is 5. The largest absolute Gasteiger partial charge is 0.489 e. The standard InChI is InChI=1S/C31H33N7O2/c1-20-13-26(39-19-22-17-34-21(2)35-18-22)16-27(14-20)40-25-8-6-23(7-9-25)29-30-31(32)33-10-12-38(30)28(36-29)15-24-5-4-11-37(24)3/h6-10,12-14,16-18,24H,4-5,11,15,19H2,1-3H3,(H2,32,33)/t24-/m1/s1. The molecule has 0 radical (unpaired) electrons. The summed E-state index contributed by atoms with van der Waals surface area (Å²) < 4.78 is 14.3. The average molecular weight is 536 g/mol. The Morgan fingerprint density at radius 1 is 0.975 bits per heavy atom. The van der Waals surface area contributed by atoms with E-state index in [4.69, 9.17) is 20.2 Å². The number of nitrogens with zero attached hydrogens (tertiary/aromatic N) is 6. The Morgan fingerprint density at radius 3 is 2.50 bits per heavy atom. The minimum Gasteiger partial charge on any atom is -0.489 e. The minimum absolute atomic E-state index is 0.382. The Balaban J connectivity index is 1.21. The van der Waals surface area contributed by atoms with E-state index in [1.165, 1.54) is 12.8 Å². The fraction of sp³-hybridized carbons (Fsp3) is 0.290. The van der Waals surface area contributed by atoms with Crippen molar-refractivity contribution in [1.82, 2.24) is 29.2 Å². The molecule has 1 saturated heterocycles. The molecular formula is C31H33N7O2. The van der Waals surface area contributed by atoms with E-state index in [2.05, 4.69) is 31.3 Å². The topological polar surface area (TPSA) is 104 Å². The lowest BCUT2D eigenvalue weighted by Gasteiger charge is -2.18. The third-order valence-electron chi connectivity index (χ3n) is 7.37. The minimum atomic E-state index is 0.382. The Bertz CT molecular complexity index is 1630. The lowest BCUT2D eigenvalue weighted by atomic mass is 10.1. The number of rotatable bonds is 8. The van der Waals surface area contributed by atoms with Gasteiger partial charge in [0.15, 0.2) is 0 Å². The van der Waals surface area contributed by atoms with Crippen LogP contribution in [0.4, 0.5) is 5.82 Å². The first-order chi connectivity index (χ1) is 19.4. The van der Waals surface area contributed by atoms with Gasteiger partial charge < -0.3 is 20.1 Å². The van der Waals surface area contributed by atoms with Gasteiger partial charge in [0.1, 0.15) is 52.5 Å². The Hall–Kier alpha value is -4.50. The van der Waals surface area contributed by atoms with Gasteiger partial charge in [-0.25, -0.2) is 19.9 Å². The van der Waals surface area contributed by atoms with Crippen LogP contribution < -0.4 is 15.2 Å². The van der Waals surface area contributed by atoms with Gasteiger partial charge in [-0.2, -0.15) is 0 Å². The van der Waals surface area contributed by atoms with Crippen LogP contribution in [0.25, 0.3) is 16.8 Å². The summed E-state index contributed by atoms with van der Waals surface area (Å²) >= 11 is 0. The number of hydrogen-bond acceptors (Lipinski definition) is 8. The lowest BCUT2D eigenvalue weighted by molar-refractivity contribution is 0.303. The number of imidazole rings is 1. The highest BCUT2D eigenvalue weighted by Gasteiger charge is 2.24. The van der Waals surface area contributed by atoms with Gasteiger partial charge in [-0.1, -0.05) is 0 Å². The number of benzene rings is 2. The Kier molecular flexibility index (Phi) is 7.04. The number of aryl methyl sites for hydroxylation is 2. The van der Waals surface area contributed by atoms with Gasteiger partial charge in [0, 0.05) is 54.4 Å². The number of ether oxygens (including phenoxy) is 2. The fourth-order valence-corrected chi connectivity index (χ4v) is 5.25. The molecule has 1 atom stereocenters. The zero-order chi connectivity index (χ0) is 27.6. The van der Waals surface area contributed by atoms with Crippen molar-refractivity contribution in [2.75, 3.05) is 19.3 Å². The molecule has 6 rings (SSSR count). The van der Waals surface area contributed by atoms with Crippen molar-refractivity contribution in [3.63, 3.8) is 0 Å². The van der Waals surface area contributed by atoms with Crippen molar-refractivity contribution >= 4 is 11.3 Å². The van der Waals surface area contributed by atoms with Crippen LogP contribution in [0.3, 0.4) is 0 Å². The Morgan fingerprint density at radius 2 is 1.75 bits per heavy atom. The number of likely N-dealkylation sites (N-methyl/N-ethyl adjacent to an activating group) is 1. The van der Waals surface area contributed by atoms with Gasteiger partial charge >= 0.3 is 0 Å². The third-order valence-corrected chi connectivity index (χ3v) is 7.37. The van der Waals surface area contributed by atoms with Crippen molar-refractivity contribution in [2.45, 2.75) is 45.8 Å². The van der Waals surface area contributed by atoms with Gasteiger partial charge in [-0.05, 0) is 82.2 Å². The van der Waals surface area contributed by atoms with Crippen molar-refractivity contribution in [1.29, 1.82) is 0 Å². The van der Waals surface area contributed by atoms with Gasteiger partial charge in [0.25, 0.3) is 0 Å². The van der Waals surface area contributed by atoms with E-state index in [0.717, 1.165) is 64.0 Å². The molecule has 1 aliphatic heterocycles. The molecule has 3 aromatic heterocycles. The summed E-state index contributed by atoms with van der Waals surface area (Å²) in [5, 5.41) is 0. The highest BCUT2D eigenvalue weighted by atomic mass is 16.5. The van der Waals surface area contributed by atoms with E-state index in [1.807, 2.05) is 62.5 Å². The smallest absolute Gasteiger partial charge is 0.150 e. The number of hydrogen-bond donors (Lipinski definition) is 1. The van der Waals surface area contributed by atoms with Gasteiger partial charge in [0.2, 0.25) is 0 Å². The summed E-state index contributed by atoms with van der Waals surface area (Å²) in [6, 6.07) is 14.3. The molecule has 4 heterocycles. The average Bonchev–Trinajstić information content (AvgIpc) is 3.52. The zero-order valence-corrected chi connectivity index (χ0v) is 23.0. The van der Waals surface area contributed by atoms with E-state index in [0.29, 0.717) is 24.2 Å². The number of likely N-dealkylation sites (tertiary alicyclic amines) is 1. The summed E-state index contributed by atoms with van der Waals surface area (Å²) in [6.45, 7) is 5.38. The van der Waals surface area contributed by atoms with Crippen LogP contribution in [-0.2, 0) is 13.0 Å². The molecule has 0 amide bonds. The molecule has 0 saturated carbocycles. The summed E-state index contributed by atoms with van der Waals surface area (Å²) in [5.74, 6) is 4.35. The maximum absolute atomic E-state index is 6.35. The normalized spacial score (nSPS) is 15.5. The van der Waals surface area contributed by atoms with Gasteiger partial charge in [0.05, 0.1) is 0 Å². The lowest BCUT2D eigenvalue weighted by Crippen LogP contribution is -2.27. The molecule has 9 nitrogen and oxygen atoms in total. The van der Waals surface area contributed by atoms with Crippen LogP contribution >= 0.6 is 0 Å². The number of anilines is 1. The highest BCUT2D eigenvalue weighted by Crippen LogP contribution is 2.33. The molecule has 5 aromatic rings. The number of nitrogen functional groups attached to an aromatic ring is 1. The predicted octanol–water partition coefficient (Wildman–Crippen LogP) is 5.39. The number of nitrogens with two attached hydrogens (primary N) is 1. The van der Waals surface area contributed by atoms with Crippen LogP contribution in [0.5, 0.6) is 17.2 Å². The maximum atomic E-state index is 6.35. The van der Waals surface area contributed by atoms with Crippen LogP contribution in [0, 0.1) is 13.8 Å². The molecule has 2 N–H and O–H groups in total. The van der Waals surface area contributed by atoms with Gasteiger partial charge in [-0.15, -0.1) is 0 Å². The van der Waals surface area contributed by atoms with E-state index >= 15 is 0 Å². The van der Waals surface area contributed by atoms with Crippen LogP contribution in [0.1, 0.15) is 35.6 Å². The van der Waals surface area contributed by atoms with Crippen molar-refractivity contribution in [3.8, 4) is 28.5 Å². The summed E-state index contributed by atoms with van der Waals surface area (Å²) in [6.07, 6.45) is 10.5. The van der Waals surface area contributed by atoms with E-state index in [9.17, 15) is 0 Å². The van der Waals surface area contributed by atoms with Crippen LogP contribution in [-0.4, -0.2) is 48.9 Å². The van der Waals surface area contributed by atoms with E-state index < -0.39 is 0 Å².